The zero-order valence-electron chi connectivity index (χ0n) is 15.1. The predicted molar refractivity (Wildman–Crippen MR) is 107 cm³/mol. The van der Waals surface area contributed by atoms with Crippen molar-refractivity contribution in [3.05, 3.63) is 23.0 Å². The van der Waals surface area contributed by atoms with Gasteiger partial charge in [-0.25, -0.2) is 12.7 Å². The standard InChI is InChI=1S/C17H23N3O3S3/c1-4-20-14-8-7-13(24-2)10-15(14)25-17(20)18-16(21)12-6-5-9-19(11-12)26(3,22)23/h7-8,10,12H,4-6,9,11H2,1-3H3. The van der Waals surface area contributed by atoms with Gasteiger partial charge in [0, 0.05) is 24.5 Å². The van der Waals surface area contributed by atoms with Gasteiger partial charge in [-0.15, -0.1) is 11.8 Å². The molecule has 9 heteroatoms. The van der Waals surface area contributed by atoms with Crippen LogP contribution in [0, 0.1) is 5.92 Å². The van der Waals surface area contributed by atoms with Crippen molar-refractivity contribution in [2.24, 2.45) is 10.9 Å². The third kappa shape index (κ3) is 4.05. The van der Waals surface area contributed by atoms with E-state index < -0.39 is 10.0 Å². The van der Waals surface area contributed by atoms with Crippen molar-refractivity contribution in [2.75, 3.05) is 25.6 Å². The number of sulfonamides is 1. The summed E-state index contributed by atoms with van der Waals surface area (Å²) in [4.78, 5) is 18.9. The summed E-state index contributed by atoms with van der Waals surface area (Å²) < 4.78 is 28.1. The molecule has 0 spiro atoms. The first-order valence-electron chi connectivity index (χ1n) is 8.54. The zero-order chi connectivity index (χ0) is 18.9. The lowest BCUT2D eigenvalue weighted by molar-refractivity contribution is -0.122. The fourth-order valence-corrected chi connectivity index (χ4v) is 5.77. The third-order valence-electron chi connectivity index (χ3n) is 4.61. The number of piperidine rings is 1. The Morgan fingerprint density at radius 1 is 1.42 bits per heavy atom. The maximum absolute atomic E-state index is 12.7. The summed E-state index contributed by atoms with van der Waals surface area (Å²) >= 11 is 3.19. The van der Waals surface area contributed by atoms with Crippen molar-refractivity contribution >= 4 is 49.2 Å². The molecule has 0 N–H and O–H groups in total. The number of hydrogen-bond donors (Lipinski definition) is 0. The van der Waals surface area contributed by atoms with Crippen LogP contribution in [0.1, 0.15) is 19.8 Å². The van der Waals surface area contributed by atoms with Crippen LogP contribution in [0.25, 0.3) is 10.2 Å². The largest absolute Gasteiger partial charge is 0.317 e. The number of carbonyl (C=O) groups excluding carboxylic acids is 1. The lowest BCUT2D eigenvalue weighted by Gasteiger charge is -2.28. The van der Waals surface area contributed by atoms with E-state index in [-0.39, 0.29) is 18.4 Å². The molecular weight excluding hydrogens is 390 g/mol. The Morgan fingerprint density at radius 2 is 2.19 bits per heavy atom. The summed E-state index contributed by atoms with van der Waals surface area (Å²) in [5.74, 6) is -0.590. The molecule has 1 aliphatic heterocycles. The molecule has 3 rings (SSSR count). The summed E-state index contributed by atoms with van der Waals surface area (Å²) in [5.41, 5.74) is 1.07. The molecule has 2 heterocycles. The maximum Gasteiger partial charge on any atom is 0.252 e. The number of carbonyl (C=O) groups is 1. The molecule has 1 aromatic heterocycles. The van der Waals surface area contributed by atoms with Crippen LogP contribution >= 0.6 is 23.1 Å². The maximum atomic E-state index is 12.7. The number of aromatic nitrogens is 1. The molecule has 0 saturated carbocycles. The number of thioether (sulfide) groups is 1. The van der Waals surface area contributed by atoms with Crippen molar-refractivity contribution in [1.82, 2.24) is 8.87 Å². The second kappa shape index (κ2) is 7.84. The Bertz CT molecular complexity index is 992. The Labute approximate surface area is 162 Å². The van der Waals surface area contributed by atoms with Gasteiger partial charge in [0.1, 0.15) is 0 Å². The van der Waals surface area contributed by atoms with Crippen molar-refractivity contribution in [1.29, 1.82) is 0 Å². The zero-order valence-corrected chi connectivity index (χ0v) is 17.6. The first-order chi connectivity index (χ1) is 12.3. The second-order valence-electron chi connectivity index (χ2n) is 6.37. The molecule has 2 aromatic rings. The molecule has 1 saturated heterocycles. The molecule has 0 bridgehead atoms. The normalized spacial score (nSPS) is 20.0. The van der Waals surface area contributed by atoms with Crippen molar-refractivity contribution in [2.45, 2.75) is 31.2 Å². The van der Waals surface area contributed by atoms with Crippen molar-refractivity contribution in [3.63, 3.8) is 0 Å². The summed E-state index contributed by atoms with van der Waals surface area (Å²) in [6, 6.07) is 6.26. The van der Waals surface area contributed by atoms with E-state index in [1.807, 2.05) is 17.7 Å². The highest BCUT2D eigenvalue weighted by Crippen LogP contribution is 2.24. The second-order valence-corrected chi connectivity index (χ2v) is 10.2. The van der Waals surface area contributed by atoms with E-state index in [0.717, 1.165) is 16.8 Å². The third-order valence-corrected chi connectivity index (χ3v) is 7.65. The summed E-state index contributed by atoms with van der Waals surface area (Å²) in [5, 5.41) is 0. The molecule has 1 amide bonds. The van der Waals surface area contributed by atoms with E-state index in [4.69, 9.17) is 0 Å². The number of nitrogens with zero attached hydrogens (tertiary/aromatic N) is 3. The predicted octanol–water partition coefficient (Wildman–Crippen LogP) is 2.54. The minimum atomic E-state index is -3.27. The van der Waals surface area contributed by atoms with Crippen LogP contribution in [0.4, 0.5) is 0 Å². The quantitative estimate of drug-likeness (QED) is 0.722. The van der Waals surface area contributed by atoms with Gasteiger partial charge in [-0.1, -0.05) is 11.3 Å². The Morgan fingerprint density at radius 3 is 2.85 bits per heavy atom. The molecule has 0 aliphatic carbocycles. The van der Waals surface area contributed by atoms with Crippen LogP contribution in [-0.4, -0.2) is 48.8 Å². The van der Waals surface area contributed by atoms with Gasteiger partial charge in [0.2, 0.25) is 10.0 Å². The highest BCUT2D eigenvalue weighted by molar-refractivity contribution is 7.98. The average molecular weight is 414 g/mol. The summed E-state index contributed by atoms with van der Waals surface area (Å²) in [6.07, 6.45) is 4.60. The van der Waals surface area contributed by atoms with Crippen LogP contribution in [0.15, 0.2) is 28.1 Å². The Hall–Kier alpha value is -1.16. The fourth-order valence-electron chi connectivity index (χ4n) is 3.20. The Kier molecular flexibility index (Phi) is 5.91. The van der Waals surface area contributed by atoms with Crippen LogP contribution in [-0.2, 0) is 21.4 Å². The van der Waals surface area contributed by atoms with Gasteiger partial charge in [-0.2, -0.15) is 4.99 Å². The van der Waals surface area contributed by atoms with Crippen molar-refractivity contribution < 1.29 is 13.2 Å². The summed E-state index contributed by atoms with van der Waals surface area (Å²) in [6.45, 7) is 3.47. The Balaban J connectivity index is 1.94. The van der Waals surface area contributed by atoms with Crippen LogP contribution in [0.2, 0.25) is 0 Å². The van der Waals surface area contributed by atoms with E-state index in [9.17, 15) is 13.2 Å². The molecule has 1 atom stereocenters. The SMILES string of the molecule is CCn1c(=NC(=O)C2CCCN(S(C)(=O)=O)C2)sc2cc(SC)ccc21. The molecule has 1 fully saturated rings. The van der Waals surface area contributed by atoms with Crippen LogP contribution < -0.4 is 4.80 Å². The summed E-state index contributed by atoms with van der Waals surface area (Å²) in [7, 11) is -3.27. The van der Waals surface area contributed by atoms with Crippen molar-refractivity contribution in [3.8, 4) is 0 Å². The highest BCUT2D eigenvalue weighted by Gasteiger charge is 2.30. The number of thiazole rings is 1. The molecular formula is C17H23N3O3S3. The van der Waals surface area contributed by atoms with Gasteiger partial charge >= 0.3 is 0 Å². The number of aryl methyl sites for hydroxylation is 1. The minimum absolute atomic E-state index is 0.225. The number of benzene rings is 1. The van der Waals surface area contributed by atoms with Gasteiger partial charge in [-0.05, 0) is 44.2 Å². The lowest BCUT2D eigenvalue weighted by atomic mass is 9.99. The fraction of sp³-hybridized carbons (Fsp3) is 0.529. The highest BCUT2D eigenvalue weighted by atomic mass is 32.2. The first kappa shape index (κ1) is 19.6. The average Bonchev–Trinajstić information content (AvgIpc) is 2.96. The van der Waals surface area contributed by atoms with Gasteiger partial charge in [0.15, 0.2) is 4.80 Å². The molecule has 0 radical (unpaired) electrons. The minimum Gasteiger partial charge on any atom is -0.317 e. The number of rotatable bonds is 4. The van der Waals surface area contributed by atoms with E-state index in [1.54, 1.807) is 11.8 Å². The topological polar surface area (TPSA) is 71.7 Å². The molecule has 1 aliphatic rings. The van der Waals surface area contributed by atoms with Gasteiger partial charge in [0.05, 0.1) is 22.4 Å². The van der Waals surface area contributed by atoms with E-state index in [0.29, 0.717) is 24.2 Å². The monoisotopic (exact) mass is 413 g/mol. The van der Waals surface area contributed by atoms with Gasteiger partial charge in [0.25, 0.3) is 5.91 Å². The van der Waals surface area contributed by atoms with Gasteiger partial charge < -0.3 is 4.57 Å². The van der Waals surface area contributed by atoms with Crippen LogP contribution in [0.5, 0.6) is 0 Å². The van der Waals surface area contributed by atoms with E-state index in [2.05, 4.69) is 23.2 Å². The van der Waals surface area contributed by atoms with E-state index in [1.165, 1.54) is 26.8 Å². The molecule has 142 valence electrons. The smallest absolute Gasteiger partial charge is 0.252 e. The lowest BCUT2D eigenvalue weighted by Crippen LogP contribution is -2.41. The number of amides is 1. The van der Waals surface area contributed by atoms with Crippen LogP contribution in [0.3, 0.4) is 0 Å². The molecule has 6 nitrogen and oxygen atoms in total. The van der Waals surface area contributed by atoms with Gasteiger partial charge in [-0.3, -0.25) is 4.79 Å². The number of fused-ring (bicyclic) bond motifs is 1. The van der Waals surface area contributed by atoms with E-state index >= 15 is 0 Å². The first-order valence-corrected chi connectivity index (χ1v) is 12.4. The molecule has 1 aromatic carbocycles. The molecule has 1 unspecified atom stereocenters. The molecule has 26 heavy (non-hydrogen) atoms. The number of hydrogen-bond acceptors (Lipinski definition) is 5.